The molecule has 1 saturated heterocycles. The van der Waals surface area contributed by atoms with Crippen molar-refractivity contribution in [3.05, 3.63) is 35.4 Å². The first-order valence-corrected chi connectivity index (χ1v) is 9.49. The summed E-state index contributed by atoms with van der Waals surface area (Å²) in [5.74, 6) is 0.0921. The zero-order valence-corrected chi connectivity index (χ0v) is 13.8. The van der Waals surface area contributed by atoms with Crippen molar-refractivity contribution in [2.45, 2.75) is 32.2 Å². The highest BCUT2D eigenvalue weighted by molar-refractivity contribution is 7.88. The van der Waals surface area contributed by atoms with Crippen LogP contribution in [0.4, 0.5) is 0 Å². The van der Waals surface area contributed by atoms with Gasteiger partial charge >= 0.3 is 0 Å². The molecule has 3 rings (SSSR count). The number of amides is 1. The van der Waals surface area contributed by atoms with Crippen molar-refractivity contribution in [3.63, 3.8) is 0 Å². The molecular formula is C16H22N2O3S. The quantitative estimate of drug-likeness (QED) is 0.918. The number of rotatable bonds is 3. The summed E-state index contributed by atoms with van der Waals surface area (Å²) < 4.78 is 25.2. The van der Waals surface area contributed by atoms with E-state index in [1.807, 2.05) is 36.1 Å². The molecule has 0 unspecified atom stereocenters. The minimum atomic E-state index is -3.14. The maximum atomic E-state index is 12.6. The van der Waals surface area contributed by atoms with E-state index in [0.29, 0.717) is 0 Å². The van der Waals surface area contributed by atoms with Crippen molar-refractivity contribution in [2.75, 3.05) is 19.3 Å². The highest BCUT2D eigenvalue weighted by Crippen LogP contribution is 2.48. The lowest BCUT2D eigenvalue weighted by Gasteiger charge is -2.45. The molecular weight excluding hydrogens is 300 g/mol. The number of nitrogens with zero attached hydrogens (tertiary/aromatic N) is 1. The Bertz CT molecular complexity index is 693. The van der Waals surface area contributed by atoms with Crippen molar-refractivity contribution in [1.82, 2.24) is 9.62 Å². The molecule has 22 heavy (non-hydrogen) atoms. The fourth-order valence-electron chi connectivity index (χ4n) is 3.80. The standard InChI is InChI=1S/C16H22N2O3S/c1-12-5-3-4-6-14(12)15(19)18-8-7-16(11-18)9-13(10-16)17-22(2,20)21/h3-6,13,17H,7-11H2,1-2H3. The number of likely N-dealkylation sites (tertiary alicyclic amines) is 1. The molecule has 6 heteroatoms. The Morgan fingerprint density at radius 1 is 1.32 bits per heavy atom. The van der Waals surface area contributed by atoms with Crippen molar-refractivity contribution in [3.8, 4) is 0 Å². The zero-order chi connectivity index (χ0) is 16.0. The minimum Gasteiger partial charge on any atom is -0.338 e. The number of hydrogen-bond donors (Lipinski definition) is 1. The third-order valence-corrected chi connectivity index (χ3v) is 5.60. The SMILES string of the molecule is Cc1ccccc1C(=O)N1CCC2(CC(NS(C)(=O)=O)C2)C1. The Hall–Kier alpha value is -1.40. The Morgan fingerprint density at radius 2 is 2.00 bits per heavy atom. The Labute approximate surface area is 131 Å². The van der Waals surface area contributed by atoms with Gasteiger partial charge in [-0.25, -0.2) is 13.1 Å². The molecule has 1 amide bonds. The first kappa shape index (κ1) is 15.5. The zero-order valence-electron chi connectivity index (χ0n) is 13.0. The van der Waals surface area contributed by atoms with Gasteiger partial charge in [0.25, 0.3) is 5.91 Å². The monoisotopic (exact) mass is 322 g/mol. The summed E-state index contributed by atoms with van der Waals surface area (Å²) in [6, 6.07) is 7.68. The second-order valence-corrected chi connectivity index (χ2v) is 8.57. The summed E-state index contributed by atoms with van der Waals surface area (Å²) in [7, 11) is -3.14. The Morgan fingerprint density at radius 3 is 2.64 bits per heavy atom. The molecule has 0 atom stereocenters. The van der Waals surface area contributed by atoms with Gasteiger partial charge in [-0.15, -0.1) is 0 Å². The van der Waals surface area contributed by atoms with Crippen LogP contribution in [0, 0.1) is 12.3 Å². The fourth-order valence-corrected chi connectivity index (χ4v) is 4.57. The maximum absolute atomic E-state index is 12.6. The van der Waals surface area contributed by atoms with Crippen LogP contribution in [-0.2, 0) is 10.0 Å². The Kier molecular flexibility index (Phi) is 3.77. The Balaban J connectivity index is 1.62. The molecule has 5 nitrogen and oxygen atoms in total. The van der Waals surface area contributed by atoms with Gasteiger partial charge in [-0.1, -0.05) is 18.2 Å². The summed E-state index contributed by atoms with van der Waals surface area (Å²) in [5.41, 5.74) is 1.88. The van der Waals surface area contributed by atoms with Gasteiger partial charge in [-0.2, -0.15) is 0 Å². The van der Waals surface area contributed by atoms with Crippen molar-refractivity contribution < 1.29 is 13.2 Å². The number of benzene rings is 1. The van der Waals surface area contributed by atoms with Crippen LogP contribution in [0.2, 0.25) is 0 Å². The molecule has 1 aromatic carbocycles. The molecule has 1 aromatic rings. The molecule has 1 spiro atoms. The number of nitrogens with one attached hydrogen (secondary N) is 1. The average Bonchev–Trinajstić information content (AvgIpc) is 2.81. The van der Waals surface area contributed by atoms with Gasteiger partial charge in [0.2, 0.25) is 10.0 Å². The maximum Gasteiger partial charge on any atom is 0.254 e. The fraction of sp³-hybridized carbons (Fsp3) is 0.562. The molecule has 1 aliphatic heterocycles. The predicted octanol–water partition coefficient (Wildman–Crippen LogP) is 1.54. The summed E-state index contributed by atoms with van der Waals surface area (Å²) in [4.78, 5) is 14.5. The lowest BCUT2D eigenvalue weighted by atomic mass is 9.65. The van der Waals surface area contributed by atoms with Gasteiger partial charge in [0.05, 0.1) is 6.26 Å². The molecule has 120 valence electrons. The van der Waals surface area contributed by atoms with Crippen molar-refractivity contribution in [1.29, 1.82) is 0 Å². The molecule has 1 N–H and O–H groups in total. The van der Waals surface area contributed by atoms with Crippen LogP contribution in [0.15, 0.2) is 24.3 Å². The van der Waals surface area contributed by atoms with E-state index in [1.54, 1.807) is 0 Å². The van der Waals surface area contributed by atoms with Crippen LogP contribution in [0.25, 0.3) is 0 Å². The van der Waals surface area contributed by atoms with E-state index in [4.69, 9.17) is 0 Å². The minimum absolute atomic E-state index is 0.0310. The highest BCUT2D eigenvalue weighted by Gasteiger charge is 2.50. The second-order valence-electron chi connectivity index (χ2n) is 6.79. The van der Waals surface area contributed by atoms with Crippen molar-refractivity contribution >= 4 is 15.9 Å². The molecule has 2 fully saturated rings. The third kappa shape index (κ3) is 3.03. The summed E-state index contributed by atoms with van der Waals surface area (Å²) in [6.45, 7) is 3.45. The topological polar surface area (TPSA) is 66.5 Å². The highest BCUT2D eigenvalue weighted by atomic mass is 32.2. The number of sulfonamides is 1. The molecule has 1 heterocycles. The van der Waals surface area contributed by atoms with Gasteiger partial charge in [0, 0.05) is 24.7 Å². The first-order valence-electron chi connectivity index (χ1n) is 7.60. The predicted molar refractivity (Wildman–Crippen MR) is 85.1 cm³/mol. The lowest BCUT2D eigenvalue weighted by Crippen LogP contribution is -2.51. The van der Waals surface area contributed by atoms with Gasteiger partial charge in [-0.05, 0) is 43.2 Å². The van der Waals surface area contributed by atoms with E-state index in [9.17, 15) is 13.2 Å². The van der Waals surface area contributed by atoms with E-state index in [0.717, 1.165) is 43.5 Å². The average molecular weight is 322 g/mol. The smallest absolute Gasteiger partial charge is 0.254 e. The number of carbonyl (C=O) groups is 1. The van der Waals surface area contributed by atoms with E-state index < -0.39 is 10.0 Å². The van der Waals surface area contributed by atoms with Crippen molar-refractivity contribution in [2.24, 2.45) is 5.41 Å². The third-order valence-electron chi connectivity index (χ3n) is 4.84. The van der Waals surface area contributed by atoms with Crippen LogP contribution < -0.4 is 4.72 Å². The number of aryl methyl sites for hydroxylation is 1. The summed E-state index contributed by atoms with van der Waals surface area (Å²) >= 11 is 0. The largest absolute Gasteiger partial charge is 0.338 e. The van der Waals surface area contributed by atoms with Crippen LogP contribution >= 0.6 is 0 Å². The molecule has 0 radical (unpaired) electrons. The molecule has 0 aromatic heterocycles. The molecule has 2 aliphatic rings. The van der Waals surface area contributed by atoms with E-state index in [2.05, 4.69) is 4.72 Å². The lowest BCUT2D eigenvalue weighted by molar-refractivity contribution is 0.0687. The normalized spacial score (nSPS) is 27.9. The number of hydrogen-bond acceptors (Lipinski definition) is 3. The van der Waals surface area contributed by atoms with Gasteiger partial charge in [0.1, 0.15) is 0 Å². The van der Waals surface area contributed by atoms with Crippen LogP contribution in [0.1, 0.15) is 35.2 Å². The summed E-state index contributed by atoms with van der Waals surface area (Å²) in [6.07, 6.45) is 3.82. The van der Waals surface area contributed by atoms with Crippen LogP contribution in [-0.4, -0.2) is 44.6 Å². The number of carbonyl (C=O) groups excluding carboxylic acids is 1. The van der Waals surface area contributed by atoms with Gasteiger partial charge in [0.15, 0.2) is 0 Å². The van der Waals surface area contributed by atoms with Gasteiger partial charge in [-0.3, -0.25) is 4.79 Å². The van der Waals surface area contributed by atoms with Gasteiger partial charge < -0.3 is 4.90 Å². The molecule has 0 bridgehead atoms. The van der Waals surface area contributed by atoms with E-state index in [-0.39, 0.29) is 17.4 Å². The van der Waals surface area contributed by atoms with E-state index >= 15 is 0 Å². The first-order chi connectivity index (χ1) is 10.3. The second kappa shape index (κ2) is 5.35. The summed E-state index contributed by atoms with van der Waals surface area (Å²) in [5, 5.41) is 0. The molecule has 1 aliphatic carbocycles. The van der Waals surface area contributed by atoms with E-state index in [1.165, 1.54) is 6.26 Å². The molecule has 1 saturated carbocycles. The van der Waals surface area contributed by atoms with Crippen LogP contribution in [0.3, 0.4) is 0 Å². The van der Waals surface area contributed by atoms with Crippen LogP contribution in [0.5, 0.6) is 0 Å².